The molecule has 17 heavy (non-hydrogen) atoms. The van der Waals surface area contributed by atoms with Gasteiger partial charge in [0.15, 0.2) is 0 Å². The Morgan fingerprint density at radius 2 is 1.94 bits per heavy atom. The number of amides is 1. The highest BCUT2D eigenvalue weighted by atomic mass is 32.2. The second kappa shape index (κ2) is 7.35. The standard InChI is InChI=1S/C13H20N2OS/c1-15(2)9-8-13(16)14-10-11-4-6-12(17-3)7-5-11/h4-7H,8-10H2,1-3H3,(H,14,16). The molecule has 0 bridgehead atoms. The van der Waals surface area contributed by atoms with Crippen LogP contribution in [0, 0.1) is 0 Å². The molecule has 0 aliphatic heterocycles. The first kappa shape index (κ1) is 14.1. The molecular formula is C13H20N2OS. The summed E-state index contributed by atoms with van der Waals surface area (Å²) in [6.45, 7) is 1.40. The molecular weight excluding hydrogens is 232 g/mol. The number of hydrogen-bond donors (Lipinski definition) is 1. The number of nitrogens with zero attached hydrogens (tertiary/aromatic N) is 1. The van der Waals surface area contributed by atoms with Crippen LogP contribution in [0.4, 0.5) is 0 Å². The average molecular weight is 252 g/mol. The van der Waals surface area contributed by atoms with Gasteiger partial charge in [0.2, 0.25) is 5.91 Å². The van der Waals surface area contributed by atoms with Crippen LogP contribution in [0.3, 0.4) is 0 Å². The molecule has 0 heterocycles. The first-order chi connectivity index (χ1) is 8.11. The van der Waals surface area contributed by atoms with Crippen LogP contribution in [0.25, 0.3) is 0 Å². The topological polar surface area (TPSA) is 32.3 Å². The molecule has 0 fully saturated rings. The molecule has 4 heteroatoms. The van der Waals surface area contributed by atoms with Gasteiger partial charge in [0.1, 0.15) is 0 Å². The molecule has 1 rings (SSSR count). The molecule has 3 nitrogen and oxygen atoms in total. The summed E-state index contributed by atoms with van der Waals surface area (Å²) < 4.78 is 0. The minimum Gasteiger partial charge on any atom is -0.352 e. The highest BCUT2D eigenvalue weighted by molar-refractivity contribution is 7.98. The molecule has 94 valence electrons. The van der Waals surface area contributed by atoms with Crippen molar-refractivity contribution in [1.29, 1.82) is 0 Å². The quantitative estimate of drug-likeness (QED) is 0.786. The second-order valence-electron chi connectivity index (χ2n) is 4.18. The molecule has 0 atom stereocenters. The Balaban J connectivity index is 2.31. The molecule has 0 aliphatic carbocycles. The summed E-state index contributed by atoms with van der Waals surface area (Å²) in [7, 11) is 3.93. The van der Waals surface area contributed by atoms with Crippen molar-refractivity contribution in [3.63, 3.8) is 0 Å². The van der Waals surface area contributed by atoms with Crippen molar-refractivity contribution in [2.75, 3.05) is 26.9 Å². The van der Waals surface area contributed by atoms with Gasteiger partial charge in [0.25, 0.3) is 0 Å². The summed E-state index contributed by atoms with van der Waals surface area (Å²) in [5.74, 6) is 0.104. The molecule has 0 spiro atoms. The second-order valence-corrected chi connectivity index (χ2v) is 5.06. The predicted molar refractivity (Wildman–Crippen MR) is 73.2 cm³/mol. The van der Waals surface area contributed by atoms with Crippen molar-refractivity contribution in [1.82, 2.24) is 10.2 Å². The number of hydrogen-bond acceptors (Lipinski definition) is 3. The fraction of sp³-hybridized carbons (Fsp3) is 0.462. The van der Waals surface area contributed by atoms with Crippen molar-refractivity contribution in [2.24, 2.45) is 0 Å². The summed E-state index contributed by atoms with van der Waals surface area (Å²) in [4.78, 5) is 14.8. The Bertz CT molecular complexity index is 349. The van der Waals surface area contributed by atoms with Crippen LogP contribution >= 0.6 is 11.8 Å². The zero-order chi connectivity index (χ0) is 12.7. The van der Waals surface area contributed by atoms with E-state index >= 15 is 0 Å². The monoisotopic (exact) mass is 252 g/mol. The Morgan fingerprint density at radius 3 is 2.47 bits per heavy atom. The Labute approximate surface area is 108 Å². The number of benzene rings is 1. The minimum atomic E-state index is 0.104. The molecule has 0 aromatic heterocycles. The first-order valence-electron chi connectivity index (χ1n) is 5.66. The van der Waals surface area contributed by atoms with E-state index in [1.165, 1.54) is 4.90 Å². The first-order valence-corrected chi connectivity index (χ1v) is 6.88. The smallest absolute Gasteiger partial charge is 0.221 e. The average Bonchev–Trinajstić information content (AvgIpc) is 2.34. The summed E-state index contributed by atoms with van der Waals surface area (Å²) in [5, 5.41) is 2.92. The van der Waals surface area contributed by atoms with E-state index in [9.17, 15) is 4.79 Å². The zero-order valence-corrected chi connectivity index (χ0v) is 11.5. The fourth-order valence-corrected chi connectivity index (χ4v) is 1.77. The lowest BCUT2D eigenvalue weighted by atomic mass is 10.2. The summed E-state index contributed by atoms with van der Waals surface area (Å²) >= 11 is 1.72. The van der Waals surface area contributed by atoms with E-state index in [2.05, 4.69) is 35.8 Å². The van der Waals surface area contributed by atoms with Crippen molar-refractivity contribution in [3.8, 4) is 0 Å². The van der Waals surface area contributed by atoms with Crippen LogP contribution in [0.2, 0.25) is 0 Å². The number of carbonyl (C=O) groups is 1. The van der Waals surface area contributed by atoms with Crippen LogP contribution in [-0.2, 0) is 11.3 Å². The molecule has 0 radical (unpaired) electrons. The van der Waals surface area contributed by atoms with Gasteiger partial charge >= 0.3 is 0 Å². The number of rotatable bonds is 6. The van der Waals surface area contributed by atoms with Gasteiger partial charge < -0.3 is 10.2 Å². The van der Waals surface area contributed by atoms with Crippen molar-refractivity contribution in [2.45, 2.75) is 17.9 Å². The lowest BCUT2D eigenvalue weighted by Crippen LogP contribution is -2.26. The van der Waals surface area contributed by atoms with Gasteiger partial charge in [-0.05, 0) is 38.0 Å². The minimum absolute atomic E-state index is 0.104. The molecule has 1 amide bonds. The van der Waals surface area contributed by atoms with Gasteiger partial charge in [-0.2, -0.15) is 0 Å². The van der Waals surface area contributed by atoms with Crippen molar-refractivity contribution >= 4 is 17.7 Å². The zero-order valence-electron chi connectivity index (χ0n) is 10.7. The van der Waals surface area contributed by atoms with Crippen LogP contribution in [0.1, 0.15) is 12.0 Å². The summed E-state index contributed by atoms with van der Waals surface area (Å²) in [6.07, 6.45) is 2.61. The third kappa shape index (κ3) is 5.75. The van der Waals surface area contributed by atoms with E-state index in [0.29, 0.717) is 13.0 Å². The van der Waals surface area contributed by atoms with E-state index in [-0.39, 0.29) is 5.91 Å². The predicted octanol–water partition coefficient (Wildman–Crippen LogP) is 1.98. The fourth-order valence-electron chi connectivity index (χ4n) is 1.36. The SMILES string of the molecule is CSc1ccc(CNC(=O)CCN(C)C)cc1. The maximum Gasteiger partial charge on any atom is 0.221 e. The molecule has 0 aliphatic rings. The third-order valence-electron chi connectivity index (χ3n) is 2.43. The normalized spacial score (nSPS) is 10.6. The molecule has 0 saturated carbocycles. The van der Waals surface area contributed by atoms with E-state index < -0.39 is 0 Å². The van der Waals surface area contributed by atoms with Crippen LogP contribution in [-0.4, -0.2) is 37.7 Å². The summed E-state index contributed by atoms with van der Waals surface area (Å²) in [5.41, 5.74) is 1.14. The maximum absolute atomic E-state index is 11.5. The lowest BCUT2D eigenvalue weighted by molar-refractivity contribution is -0.121. The van der Waals surface area contributed by atoms with Gasteiger partial charge in [-0.15, -0.1) is 11.8 Å². The van der Waals surface area contributed by atoms with Gasteiger partial charge in [-0.1, -0.05) is 12.1 Å². The molecule has 1 aromatic rings. The van der Waals surface area contributed by atoms with E-state index in [1.807, 2.05) is 19.0 Å². The van der Waals surface area contributed by atoms with Gasteiger partial charge in [-0.25, -0.2) is 0 Å². The molecule has 1 aromatic carbocycles. The van der Waals surface area contributed by atoms with Crippen molar-refractivity contribution in [3.05, 3.63) is 29.8 Å². The van der Waals surface area contributed by atoms with E-state index in [4.69, 9.17) is 0 Å². The third-order valence-corrected chi connectivity index (χ3v) is 3.18. The van der Waals surface area contributed by atoms with Crippen LogP contribution in [0.15, 0.2) is 29.2 Å². The molecule has 1 N–H and O–H groups in total. The van der Waals surface area contributed by atoms with Gasteiger partial charge in [-0.3, -0.25) is 4.79 Å². The number of carbonyl (C=O) groups excluding carboxylic acids is 1. The Morgan fingerprint density at radius 1 is 1.29 bits per heavy atom. The van der Waals surface area contributed by atoms with Crippen LogP contribution < -0.4 is 5.32 Å². The van der Waals surface area contributed by atoms with Crippen molar-refractivity contribution < 1.29 is 4.79 Å². The summed E-state index contributed by atoms with van der Waals surface area (Å²) in [6, 6.07) is 8.26. The highest BCUT2D eigenvalue weighted by Crippen LogP contribution is 2.14. The Hall–Kier alpha value is -1.00. The Kier molecular flexibility index (Phi) is 6.08. The van der Waals surface area contributed by atoms with Crippen LogP contribution in [0.5, 0.6) is 0 Å². The maximum atomic E-state index is 11.5. The lowest BCUT2D eigenvalue weighted by Gasteiger charge is -2.09. The number of nitrogens with one attached hydrogen (secondary N) is 1. The van der Waals surface area contributed by atoms with E-state index in [0.717, 1.165) is 12.1 Å². The molecule has 0 unspecified atom stereocenters. The number of thioether (sulfide) groups is 1. The molecule has 0 saturated heterocycles. The highest BCUT2D eigenvalue weighted by Gasteiger charge is 2.02. The van der Waals surface area contributed by atoms with Gasteiger partial charge in [0, 0.05) is 24.4 Å². The van der Waals surface area contributed by atoms with E-state index in [1.54, 1.807) is 11.8 Å². The largest absolute Gasteiger partial charge is 0.352 e. The van der Waals surface area contributed by atoms with Gasteiger partial charge in [0.05, 0.1) is 0 Å².